The SMILES string of the molecule is Cc1ccccc1Nc1cc(-c2ccccc2)nc(NCC2CCCO2)n1. The van der Waals surface area contributed by atoms with Crippen molar-refractivity contribution in [2.75, 3.05) is 23.8 Å². The largest absolute Gasteiger partial charge is 0.376 e. The smallest absolute Gasteiger partial charge is 0.225 e. The predicted octanol–water partition coefficient (Wildman–Crippen LogP) is 4.79. The van der Waals surface area contributed by atoms with E-state index in [4.69, 9.17) is 9.72 Å². The van der Waals surface area contributed by atoms with E-state index in [2.05, 4.69) is 46.8 Å². The minimum absolute atomic E-state index is 0.238. The van der Waals surface area contributed by atoms with Gasteiger partial charge in [-0.3, -0.25) is 0 Å². The number of rotatable bonds is 6. The monoisotopic (exact) mass is 360 g/mol. The van der Waals surface area contributed by atoms with Crippen molar-refractivity contribution in [3.8, 4) is 11.3 Å². The molecule has 5 nitrogen and oxygen atoms in total. The van der Waals surface area contributed by atoms with Crippen molar-refractivity contribution in [1.29, 1.82) is 0 Å². The highest BCUT2D eigenvalue weighted by molar-refractivity contribution is 5.68. The molecule has 138 valence electrons. The van der Waals surface area contributed by atoms with E-state index in [-0.39, 0.29) is 6.10 Å². The number of ether oxygens (including phenoxy) is 1. The first kappa shape index (κ1) is 17.5. The molecule has 1 aliphatic heterocycles. The van der Waals surface area contributed by atoms with E-state index in [1.165, 1.54) is 5.56 Å². The molecule has 3 aromatic rings. The van der Waals surface area contributed by atoms with Gasteiger partial charge in [0.25, 0.3) is 0 Å². The van der Waals surface area contributed by atoms with Crippen molar-refractivity contribution >= 4 is 17.5 Å². The van der Waals surface area contributed by atoms with Gasteiger partial charge in [0.2, 0.25) is 5.95 Å². The normalized spacial score (nSPS) is 16.3. The van der Waals surface area contributed by atoms with Crippen molar-refractivity contribution in [3.05, 3.63) is 66.2 Å². The highest BCUT2D eigenvalue weighted by Gasteiger charge is 2.16. The summed E-state index contributed by atoms with van der Waals surface area (Å²) in [6.07, 6.45) is 2.44. The molecule has 4 rings (SSSR count). The maximum absolute atomic E-state index is 5.70. The van der Waals surface area contributed by atoms with Gasteiger partial charge < -0.3 is 15.4 Å². The van der Waals surface area contributed by atoms with E-state index < -0.39 is 0 Å². The molecule has 1 fully saturated rings. The lowest BCUT2D eigenvalue weighted by atomic mass is 10.1. The van der Waals surface area contributed by atoms with E-state index in [9.17, 15) is 0 Å². The summed E-state index contributed by atoms with van der Waals surface area (Å²) in [7, 11) is 0. The molecule has 0 saturated carbocycles. The van der Waals surface area contributed by atoms with Gasteiger partial charge in [-0.2, -0.15) is 4.98 Å². The molecule has 1 unspecified atom stereocenters. The summed E-state index contributed by atoms with van der Waals surface area (Å²) >= 11 is 0. The molecule has 0 radical (unpaired) electrons. The molecule has 0 spiro atoms. The van der Waals surface area contributed by atoms with Crippen LogP contribution in [-0.4, -0.2) is 29.2 Å². The number of para-hydroxylation sites is 1. The first-order valence-electron chi connectivity index (χ1n) is 9.40. The van der Waals surface area contributed by atoms with Crippen molar-refractivity contribution in [1.82, 2.24) is 9.97 Å². The minimum Gasteiger partial charge on any atom is -0.376 e. The summed E-state index contributed by atoms with van der Waals surface area (Å²) < 4.78 is 5.70. The van der Waals surface area contributed by atoms with Crippen molar-refractivity contribution in [2.24, 2.45) is 0 Å². The molecule has 2 N–H and O–H groups in total. The van der Waals surface area contributed by atoms with Gasteiger partial charge in [-0.05, 0) is 31.4 Å². The third-order valence-electron chi connectivity index (χ3n) is 4.72. The Morgan fingerprint density at radius 1 is 1.04 bits per heavy atom. The van der Waals surface area contributed by atoms with Crippen molar-refractivity contribution < 1.29 is 4.74 Å². The maximum atomic E-state index is 5.70. The van der Waals surface area contributed by atoms with Crippen LogP contribution in [0.4, 0.5) is 17.5 Å². The second-order valence-electron chi connectivity index (χ2n) is 6.78. The standard InChI is InChI=1S/C22H24N4O/c1-16-8-5-6-12-19(16)24-21-14-20(17-9-3-2-4-10-17)25-22(26-21)23-15-18-11-7-13-27-18/h2-6,8-10,12,14,18H,7,11,13,15H2,1H3,(H2,23,24,25,26). The molecule has 27 heavy (non-hydrogen) atoms. The van der Waals surface area contributed by atoms with Crippen LogP contribution in [0.3, 0.4) is 0 Å². The third-order valence-corrected chi connectivity index (χ3v) is 4.72. The van der Waals surface area contributed by atoms with Crippen LogP contribution < -0.4 is 10.6 Å². The van der Waals surface area contributed by atoms with Gasteiger partial charge in [0.05, 0.1) is 11.8 Å². The molecule has 5 heteroatoms. The summed E-state index contributed by atoms with van der Waals surface area (Å²) in [5, 5.41) is 6.78. The molecule has 1 atom stereocenters. The third kappa shape index (κ3) is 4.44. The van der Waals surface area contributed by atoms with Gasteiger partial charge in [0.1, 0.15) is 5.82 Å². The Morgan fingerprint density at radius 3 is 2.63 bits per heavy atom. The Morgan fingerprint density at radius 2 is 1.85 bits per heavy atom. The molecule has 1 aliphatic rings. The Hall–Kier alpha value is -2.92. The lowest BCUT2D eigenvalue weighted by Gasteiger charge is -2.14. The zero-order valence-electron chi connectivity index (χ0n) is 15.5. The quantitative estimate of drug-likeness (QED) is 0.662. The lowest BCUT2D eigenvalue weighted by Crippen LogP contribution is -2.20. The number of anilines is 3. The Labute approximate surface area is 159 Å². The Balaban J connectivity index is 1.62. The van der Waals surface area contributed by atoms with E-state index in [0.29, 0.717) is 5.95 Å². The van der Waals surface area contributed by atoms with E-state index >= 15 is 0 Å². The number of hydrogen-bond donors (Lipinski definition) is 2. The van der Waals surface area contributed by atoms with Crippen molar-refractivity contribution in [2.45, 2.75) is 25.9 Å². The van der Waals surface area contributed by atoms with Crippen LogP contribution in [0.15, 0.2) is 60.7 Å². The Bertz CT molecular complexity index is 892. The number of nitrogens with one attached hydrogen (secondary N) is 2. The average Bonchev–Trinajstić information content (AvgIpc) is 3.22. The molecule has 0 aliphatic carbocycles. The predicted molar refractivity (Wildman–Crippen MR) is 109 cm³/mol. The van der Waals surface area contributed by atoms with Gasteiger partial charge >= 0.3 is 0 Å². The summed E-state index contributed by atoms with van der Waals surface area (Å²) in [6.45, 7) is 3.65. The zero-order valence-corrected chi connectivity index (χ0v) is 15.5. The van der Waals surface area contributed by atoms with Crippen LogP contribution in [-0.2, 0) is 4.74 Å². The molecule has 1 saturated heterocycles. The fourth-order valence-electron chi connectivity index (χ4n) is 3.21. The van der Waals surface area contributed by atoms with Crippen LogP contribution in [0.5, 0.6) is 0 Å². The maximum Gasteiger partial charge on any atom is 0.225 e. The van der Waals surface area contributed by atoms with Gasteiger partial charge in [-0.25, -0.2) is 4.98 Å². The number of benzene rings is 2. The van der Waals surface area contributed by atoms with Crippen LogP contribution >= 0.6 is 0 Å². The van der Waals surface area contributed by atoms with Gasteiger partial charge in [-0.1, -0.05) is 48.5 Å². The van der Waals surface area contributed by atoms with Gasteiger partial charge in [-0.15, -0.1) is 0 Å². The first-order chi connectivity index (χ1) is 13.3. The lowest BCUT2D eigenvalue weighted by molar-refractivity contribution is 0.120. The molecule has 0 amide bonds. The van der Waals surface area contributed by atoms with Crippen LogP contribution in [0.25, 0.3) is 11.3 Å². The summed E-state index contributed by atoms with van der Waals surface area (Å²) in [4.78, 5) is 9.38. The van der Waals surface area contributed by atoms with Crippen LogP contribution in [0.2, 0.25) is 0 Å². The summed E-state index contributed by atoms with van der Waals surface area (Å²) in [5.74, 6) is 1.39. The molecule has 2 heterocycles. The second-order valence-corrected chi connectivity index (χ2v) is 6.78. The zero-order chi connectivity index (χ0) is 18.5. The first-order valence-corrected chi connectivity index (χ1v) is 9.40. The van der Waals surface area contributed by atoms with Crippen LogP contribution in [0.1, 0.15) is 18.4 Å². The van der Waals surface area contributed by atoms with Gasteiger partial charge in [0, 0.05) is 30.5 Å². The summed E-state index contributed by atoms with van der Waals surface area (Å²) in [5.41, 5.74) is 4.16. The highest BCUT2D eigenvalue weighted by atomic mass is 16.5. The summed E-state index contributed by atoms with van der Waals surface area (Å²) in [6, 6.07) is 20.3. The van der Waals surface area contributed by atoms with E-state index in [1.54, 1.807) is 0 Å². The minimum atomic E-state index is 0.238. The van der Waals surface area contributed by atoms with E-state index in [1.807, 2.05) is 36.4 Å². The number of aryl methyl sites for hydroxylation is 1. The average molecular weight is 360 g/mol. The van der Waals surface area contributed by atoms with Gasteiger partial charge in [0.15, 0.2) is 0 Å². The molecule has 2 aromatic carbocycles. The number of nitrogens with zero attached hydrogens (tertiary/aromatic N) is 2. The molecular weight excluding hydrogens is 336 g/mol. The van der Waals surface area contributed by atoms with E-state index in [0.717, 1.165) is 48.8 Å². The number of hydrogen-bond acceptors (Lipinski definition) is 5. The highest BCUT2D eigenvalue weighted by Crippen LogP contribution is 2.25. The fraction of sp³-hybridized carbons (Fsp3) is 0.273. The topological polar surface area (TPSA) is 59.1 Å². The van der Waals surface area contributed by atoms with Crippen molar-refractivity contribution in [3.63, 3.8) is 0 Å². The molecular formula is C22H24N4O. The Kier molecular flexibility index (Phi) is 5.30. The molecule has 1 aromatic heterocycles. The van der Waals surface area contributed by atoms with Crippen LogP contribution in [0, 0.1) is 6.92 Å². The second kappa shape index (κ2) is 8.18. The fourth-order valence-corrected chi connectivity index (χ4v) is 3.21. The molecule has 0 bridgehead atoms. The number of aromatic nitrogens is 2.